The Hall–Kier alpha value is -1.02. The van der Waals surface area contributed by atoms with Crippen molar-refractivity contribution < 1.29 is 4.42 Å². The van der Waals surface area contributed by atoms with Crippen molar-refractivity contribution in [3.8, 4) is 0 Å². The minimum atomic E-state index is 0.646. The number of pyridine rings is 1. The molecule has 2 aromatic rings. The third-order valence-electron chi connectivity index (χ3n) is 1.56. The van der Waals surface area contributed by atoms with Gasteiger partial charge in [0.05, 0.1) is 17.0 Å². The van der Waals surface area contributed by atoms with E-state index < -0.39 is 0 Å². The average Bonchev–Trinajstić information content (AvgIpc) is 2.36. The molecule has 3 heteroatoms. The van der Waals surface area contributed by atoms with E-state index in [9.17, 15) is 0 Å². The molecule has 0 N–H and O–H groups in total. The standard InChI is InChI=1S/C8H6ClNO/c1-5-6(9)4-8-7(10-5)2-3-11-8/h2-4H,1H3. The van der Waals surface area contributed by atoms with Crippen LogP contribution >= 0.6 is 11.6 Å². The molecule has 0 fully saturated rings. The third-order valence-corrected chi connectivity index (χ3v) is 1.95. The van der Waals surface area contributed by atoms with Crippen molar-refractivity contribution in [2.75, 3.05) is 0 Å². The first-order valence-corrected chi connectivity index (χ1v) is 3.65. The van der Waals surface area contributed by atoms with E-state index in [-0.39, 0.29) is 0 Å². The van der Waals surface area contributed by atoms with Crippen LogP contribution < -0.4 is 0 Å². The maximum atomic E-state index is 5.82. The number of furan rings is 1. The molecule has 56 valence electrons. The van der Waals surface area contributed by atoms with Gasteiger partial charge in [-0.05, 0) is 6.92 Å². The number of nitrogens with zero attached hydrogens (tertiary/aromatic N) is 1. The van der Waals surface area contributed by atoms with Gasteiger partial charge in [0.25, 0.3) is 0 Å². The topological polar surface area (TPSA) is 26.0 Å². The van der Waals surface area contributed by atoms with Crippen LogP contribution in [-0.4, -0.2) is 4.98 Å². The summed E-state index contributed by atoms with van der Waals surface area (Å²) in [6.07, 6.45) is 1.60. The van der Waals surface area contributed by atoms with Crippen LogP contribution in [-0.2, 0) is 0 Å². The zero-order valence-electron chi connectivity index (χ0n) is 5.97. The lowest BCUT2D eigenvalue weighted by molar-refractivity contribution is 0.615. The molecule has 0 bridgehead atoms. The van der Waals surface area contributed by atoms with Crippen LogP contribution in [0.3, 0.4) is 0 Å². The Morgan fingerprint density at radius 1 is 1.55 bits per heavy atom. The molecule has 0 aromatic carbocycles. The Kier molecular flexibility index (Phi) is 1.36. The van der Waals surface area contributed by atoms with Gasteiger partial charge in [-0.1, -0.05) is 11.6 Å². The summed E-state index contributed by atoms with van der Waals surface area (Å²) in [5, 5.41) is 0.646. The van der Waals surface area contributed by atoms with E-state index in [1.54, 1.807) is 12.3 Å². The number of hydrogen-bond donors (Lipinski definition) is 0. The molecule has 11 heavy (non-hydrogen) atoms. The van der Waals surface area contributed by atoms with Crippen LogP contribution in [0.25, 0.3) is 11.1 Å². The Bertz CT molecular complexity index is 358. The molecule has 0 aliphatic carbocycles. The summed E-state index contributed by atoms with van der Waals surface area (Å²) in [4.78, 5) is 4.21. The van der Waals surface area contributed by atoms with Gasteiger partial charge in [0.1, 0.15) is 5.52 Å². The van der Waals surface area contributed by atoms with Gasteiger partial charge in [0.2, 0.25) is 0 Å². The number of aryl methyl sites for hydroxylation is 1. The summed E-state index contributed by atoms with van der Waals surface area (Å²) < 4.78 is 5.11. The molecule has 0 aliphatic rings. The van der Waals surface area contributed by atoms with Crippen molar-refractivity contribution in [1.82, 2.24) is 4.98 Å². The zero-order valence-corrected chi connectivity index (χ0v) is 6.72. The highest BCUT2D eigenvalue weighted by atomic mass is 35.5. The Morgan fingerprint density at radius 3 is 3.18 bits per heavy atom. The van der Waals surface area contributed by atoms with Crippen LogP contribution in [0.5, 0.6) is 0 Å². The summed E-state index contributed by atoms with van der Waals surface area (Å²) in [7, 11) is 0. The number of halogens is 1. The van der Waals surface area contributed by atoms with Gasteiger partial charge in [-0.3, -0.25) is 0 Å². The Morgan fingerprint density at radius 2 is 2.36 bits per heavy atom. The van der Waals surface area contributed by atoms with Crippen LogP contribution in [0.4, 0.5) is 0 Å². The highest BCUT2D eigenvalue weighted by Crippen LogP contribution is 2.20. The van der Waals surface area contributed by atoms with E-state index in [1.807, 2.05) is 13.0 Å². The van der Waals surface area contributed by atoms with Crippen LogP contribution in [0.2, 0.25) is 5.02 Å². The van der Waals surface area contributed by atoms with E-state index in [0.717, 1.165) is 16.8 Å². The van der Waals surface area contributed by atoms with E-state index >= 15 is 0 Å². The number of aromatic nitrogens is 1. The highest BCUT2D eigenvalue weighted by molar-refractivity contribution is 6.31. The molecule has 0 spiro atoms. The van der Waals surface area contributed by atoms with Gasteiger partial charge in [0, 0.05) is 12.1 Å². The van der Waals surface area contributed by atoms with Crippen molar-refractivity contribution >= 4 is 22.7 Å². The summed E-state index contributed by atoms with van der Waals surface area (Å²) >= 11 is 5.82. The van der Waals surface area contributed by atoms with Crippen LogP contribution in [0.15, 0.2) is 22.8 Å². The van der Waals surface area contributed by atoms with Gasteiger partial charge in [0.15, 0.2) is 5.58 Å². The lowest BCUT2D eigenvalue weighted by atomic mass is 10.3. The fraction of sp³-hybridized carbons (Fsp3) is 0.125. The smallest absolute Gasteiger partial charge is 0.153 e. The Labute approximate surface area is 68.8 Å². The molecule has 0 saturated carbocycles. The molecule has 0 unspecified atom stereocenters. The van der Waals surface area contributed by atoms with E-state index in [4.69, 9.17) is 16.0 Å². The second kappa shape index (κ2) is 2.24. The second-order valence-electron chi connectivity index (χ2n) is 2.36. The molecule has 0 atom stereocenters. The molecule has 2 rings (SSSR count). The largest absolute Gasteiger partial charge is 0.463 e. The molecule has 0 saturated heterocycles. The third kappa shape index (κ3) is 0.994. The van der Waals surface area contributed by atoms with Gasteiger partial charge < -0.3 is 4.42 Å². The average molecular weight is 168 g/mol. The van der Waals surface area contributed by atoms with Crippen molar-refractivity contribution in [3.63, 3.8) is 0 Å². The lowest BCUT2D eigenvalue weighted by Gasteiger charge is -1.94. The molecule has 0 aliphatic heterocycles. The van der Waals surface area contributed by atoms with Crippen LogP contribution in [0.1, 0.15) is 5.69 Å². The van der Waals surface area contributed by atoms with E-state index in [2.05, 4.69) is 4.98 Å². The maximum Gasteiger partial charge on any atom is 0.153 e. The summed E-state index contributed by atoms with van der Waals surface area (Å²) in [5.74, 6) is 0. The lowest BCUT2D eigenvalue weighted by Crippen LogP contribution is -1.80. The van der Waals surface area contributed by atoms with Gasteiger partial charge in [-0.25, -0.2) is 4.98 Å². The number of rotatable bonds is 0. The quantitative estimate of drug-likeness (QED) is 0.603. The summed E-state index contributed by atoms with van der Waals surface area (Å²) in [6.45, 7) is 1.87. The molecule has 0 radical (unpaired) electrons. The first-order valence-electron chi connectivity index (χ1n) is 3.28. The molecular formula is C8H6ClNO. The minimum absolute atomic E-state index is 0.646. The van der Waals surface area contributed by atoms with Crippen molar-refractivity contribution in [2.45, 2.75) is 6.92 Å². The van der Waals surface area contributed by atoms with Crippen molar-refractivity contribution in [2.24, 2.45) is 0 Å². The predicted molar refractivity (Wildman–Crippen MR) is 43.8 cm³/mol. The zero-order chi connectivity index (χ0) is 7.84. The molecule has 2 aromatic heterocycles. The van der Waals surface area contributed by atoms with Crippen molar-refractivity contribution in [3.05, 3.63) is 29.1 Å². The summed E-state index contributed by atoms with van der Waals surface area (Å²) in [5.41, 5.74) is 2.42. The maximum absolute atomic E-state index is 5.82. The minimum Gasteiger partial charge on any atom is -0.463 e. The molecule has 2 heterocycles. The fourth-order valence-electron chi connectivity index (χ4n) is 0.968. The van der Waals surface area contributed by atoms with E-state index in [0.29, 0.717) is 5.02 Å². The molecular weight excluding hydrogens is 162 g/mol. The van der Waals surface area contributed by atoms with Crippen LogP contribution in [0, 0.1) is 6.92 Å². The number of hydrogen-bond acceptors (Lipinski definition) is 2. The highest BCUT2D eigenvalue weighted by Gasteiger charge is 2.01. The van der Waals surface area contributed by atoms with E-state index in [1.165, 1.54) is 0 Å². The van der Waals surface area contributed by atoms with Gasteiger partial charge in [-0.15, -0.1) is 0 Å². The molecule has 0 amide bonds. The Balaban J connectivity index is 2.86. The second-order valence-corrected chi connectivity index (χ2v) is 2.77. The molecule has 2 nitrogen and oxygen atoms in total. The van der Waals surface area contributed by atoms with Gasteiger partial charge >= 0.3 is 0 Å². The first-order chi connectivity index (χ1) is 5.27. The summed E-state index contributed by atoms with van der Waals surface area (Å²) in [6, 6.07) is 3.60. The van der Waals surface area contributed by atoms with Gasteiger partial charge in [-0.2, -0.15) is 0 Å². The fourth-order valence-corrected chi connectivity index (χ4v) is 1.11. The monoisotopic (exact) mass is 167 g/mol. The van der Waals surface area contributed by atoms with Crippen molar-refractivity contribution in [1.29, 1.82) is 0 Å². The predicted octanol–water partition coefficient (Wildman–Crippen LogP) is 2.79. The SMILES string of the molecule is Cc1nc2ccoc2cc1Cl. The normalized spacial score (nSPS) is 10.7. The number of fused-ring (bicyclic) bond motifs is 1. The first kappa shape index (κ1) is 6.68.